The third kappa shape index (κ3) is 3.02. The van der Waals surface area contributed by atoms with Crippen molar-refractivity contribution in [3.05, 3.63) is 23.9 Å². The van der Waals surface area contributed by atoms with Crippen LogP contribution in [0.4, 0.5) is 5.82 Å². The van der Waals surface area contributed by atoms with E-state index in [2.05, 4.69) is 48.1 Å². The van der Waals surface area contributed by atoms with Crippen molar-refractivity contribution < 1.29 is 0 Å². The molecule has 0 aliphatic carbocycles. The van der Waals surface area contributed by atoms with Crippen molar-refractivity contribution in [3.63, 3.8) is 0 Å². The summed E-state index contributed by atoms with van der Waals surface area (Å²) in [7, 11) is 0. The average molecular weight is 247 g/mol. The predicted octanol–water partition coefficient (Wildman–Crippen LogP) is 3.45. The zero-order valence-corrected chi connectivity index (χ0v) is 11.8. The highest BCUT2D eigenvalue weighted by atomic mass is 15.2. The summed E-state index contributed by atoms with van der Waals surface area (Å²) in [5.74, 6) is 0.995. The third-order valence-electron chi connectivity index (χ3n) is 3.95. The van der Waals surface area contributed by atoms with Crippen LogP contribution in [0.2, 0.25) is 0 Å². The Morgan fingerprint density at radius 3 is 2.89 bits per heavy atom. The molecule has 2 heterocycles. The van der Waals surface area contributed by atoms with Crippen molar-refractivity contribution in [2.45, 2.75) is 52.1 Å². The number of rotatable bonds is 5. The highest BCUT2D eigenvalue weighted by Gasteiger charge is 2.24. The maximum atomic E-state index is 4.54. The van der Waals surface area contributed by atoms with Crippen LogP contribution in [0.5, 0.6) is 0 Å². The summed E-state index contributed by atoms with van der Waals surface area (Å²) in [5, 5.41) is 3.41. The number of anilines is 1. The Hall–Kier alpha value is -1.09. The minimum Gasteiger partial charge on any atom is -0.368 e. The van der Waals surface area contributed by atoms with Crippen LogP contribution < -0.4 is 5.32 Å². The number of hydrogen-bond acceptors (Lipinski definition) is 3. The van der Waals surface area contributed by atoms with Gasteiger partial charge in [0.05, 0.1) is 0 Å². The summed E-state index contributed by atoms with van der Waals surface area (Å²) in [6.07, 6.45) is 5.75. The molecule has 18 heavy (non-hydrogen) atoms. The molecular formula is C15H25N3. The van der Waals surface area contributed by atoms with Gasteiger partial charge in [-0.3, -0.25) is 4.90 Å². The molecule has 0 saturated carbocycles. The molecule has 2 atom stereocenters. The second-order valence-corrected chi connectivity index (χ2v) is 5.22. The van der Waals surface area contributed by atoms with E-state index in [0.717, 1.165) is 18.8 Å². The van der Waals surface area contributed by atoms with Gasteiger partial charge in [0, 0.05) is 18.3 Å². The summed E-state index contributed by atoms with van der Waals surface area (Å²) >= 11 is 0. The Balaban J connectivity index is 2.03. The number of nitrogens with one attached hydrogen (secondary N) is 1. The van der Waals surface area contributed by atoms with Crippen molar-refractivity contribution in [1.29, 1.82) is 0 Å². The van der Waals surface area contributed by atoms with E-state index in [1.807, 2.05) is 6.20 Å². The van der Waals surface area contributed by atoms with Crippen LogP contribution >= 0.6 is 0 Å². The van der Waals surface area contributed by atoms with Gasteiger partial charge in [-0.25, -0.2) is 4.98 Å². The van der Waals surface area contributed by atoms with E-state index >= 15 is 0 Å². The fraction of sp³-hybridized carbons (Fsp3) is 0.667. The first-order chi connectivity index (χ1) is 8.74. The first-order valence-corrected chi connectivity index (χ1v) is 7.21. The Morgan fingerprint density at radius 1 is 1.44 bits per heavy atom. The fourth-order valence-electron chi connectivity index (χ4n) is 2.62. The zero-order valence-electron chi connectivity index (χ0n) is 11.8. The number of nitrogens with zero attached hydrogens (tertiary/aromatic N) is 2. The van der Waals surface area contributed by atoms with Gasteiger partial charge in [-0.2, -0.15) is 0 Å². The van der Waals surface area contributed by atoms with Gasteiger partial charge in [0.2, 0.25) is 0 Å². The van der Waals surface area contributed by atoms with Crippen LogP contribution in [-0.4, -0.2) is 29.0 Å². The van der Waals surface area contributed by atoms with Gasteiger partial charge >= 0.3 is 0 Å². The quantitative estimate of drug-likeness (QED) is 0.864. The van der Waals surface area contributed by atoms with Crippen LogP contribution in [0.25, 0.3) is 0 Å². The molecule has 1 aromatic rings. The van der Waals surface area contributed by atoms with E-state index < -0.39 is 0 Å². The van der Waals surface area contributed by atoms with Crippen molar-refractivity contribution in [1.82, 2.24) is 9.88 Å². The molecule has 0 amide bonds. The number of pyridine rings is 1. The Labute approximate surface area is 111 Å². The summed E-state index contributed by atoms with van der Waals surface area (Å²) in [4.78, 5) is 7.08. The van der Waals surface area contributed by atoms with Gasteiger partial charge in [-0.05, 0) is 50.9 Å². The SMILES string of the molecule is CC[C@H](C)Nc1ccc([C@@H]2CCCN2CC)cn1. The minimum atomic E-state index is 0.488. The third-order valence-corrected chi connectivity index (χ3v) is 3.95. The van der Waals surface area contributed by atoms with Gasteiger partial charge in [0.1, 0.15) is 5.82 Å². The molecule has 0 aromatic carbocycles. The molecule has 0 spiro atoms. The molecule has 3 heteroatoms. The summed E-state index contributed by atoms with van der Waals surface area (Å²) in [6, 6.07) is 5.42. The van der Waals surface area contributed by atoms with Crippen LogP contribution in [0.1, 0.15) is 51.6 Å². The van der Waals surface area contributed by atoms with E-state index in [9.17, 15) is 0 Å². The zero-order chi connectivity index (χ0) is 13.0. The Bertz CT molecular complexity index is 361. The molecule has 1 N–H and O–H groups in total. The lowest BCUT2D eigenvalue weighted by Gasteiger charge is -2.23. The second-order valence-electron chi connectivity index (χ2n) is 5.22. The Morgan fingerprint density at radius 2 is 2.28 bits per heavy atom. The molecule has 3 nitrogen and oxygen atoms in total. The van der Waals surface area contributed by atoms with Gasteiger partial charge < -0.3 is 5.32 Å². The highest BCUT2D eigenvalue weighted by Crippen LogP contribution is 2.31. The Kier molecular flexibility index (Phi) is 4.59. The average Bonchev–Trinajstić information content (AvgIpc) is 2.87. The number of hydrogen-bond donors (Lipinski definition) is 1. The van der Waals surface area contributed by atoms with Crippen molar-refractivity contribution >= 4 is 5.82 Å². The molecule has 2 rings (SSSR count). The van der Waals surface area contributed by atoms with Gasteiger partial charge in [0.25, 0.3) is 0 Å². The fourth-order valence-corrected chi connectivity index (χ4v) is 2.62. The van der Waals surface area contributed by atoms with Gasteiger partial charge in [0.15, 0.2) is 0 Å². The lowest BCUT2D eigenvalue weighted by Crippen LogP contribution is -2.22. The van der Waals surface area contributed by atoms with E-state index in [4.69, 9.17) is 0 Å². The van der Waals surface area contributed by atoms with Crippen LogP contribution in [-0.2, 0) is 0 Å². The first kappa shape index (κ1) is 13.3. The van der Waals surface area contributed by atoms with E-state index in [-0.39, 0.29) is 0 Å². The summed E-state index contributed by atoms with van der Waals surface area (Å²) in [5.41, 5.74) is 1.36. The van der Waals surface area contributed by atoms with Crippen molar-refractivity contribution in [2.24, 2.45) is 0 Å². The van der Waals surface area contributed by atoms with Crippen LogP contribution in [0.15, 0.2) is 18.3 Å². The topological polar surface area (TPSA) is 28.2 Å². The standard InChI is InChI=1S/C15H25N3/c1-4-12(3)17-15-9-8-13(11-16-15)14-7-6-10-18(14)5-2/h8-9,11-12,14H,4-7,10H2,1-3H3,(H,16,17)/t12-,14-/m0/s1. The van der Waals surface area contributed by atoms with Crippen molar-refractivity contribution in [2.75, 3.05) is 18.4 Å². The molecule has 1 aliphatic rings. The van der Waals surface area contributed by atoms with E-state index in [0.29, 0.717) is 12.1 Å². The minimum absolute atomic E-state index is 0.488. The monoisotopic (exact) mass is 247 g/mol. The van der Waals surface area contributed by atoms with E-state index in [1.165, 1.54) is 24.9 Å². The molecular weight excluding hydrogens is 222 g/mol. The molecule has 100 valence electrons. The lowest BCUT2D eigenvalue weighted by molar-refractivity contribution is 0.271. The smallest absolute Gasteiger partial charge is 0.126 e. The highest BCUT2D eigenvalue weighted by molar-refractivity contribution is 5.37. The van der Waals surface area contributed by atoms with Crippen LogP contribution in [0.3, 0.4) is 0 Å². The molecule has 1 fully saturated rings. The summed E-state index contributed by atoms with van der Waals surface area (Å²) in [6.45, 7) is 8.98. The van der Waals surface area contributed by atoms with Crippen LogP contribution in [0, 0.1) is 0 Å². The van der Waals surface area contributed by atoms with E-state index in [1.54, 1.807) is 0 Å². The normalized spacial score (nSPS) is 22.1. The second kappa shape index (κ2) is 6.19. The largest absolute Gasteiger partial charge is 0.368 e. The first-order valence-electron chi connectivity index (χ1n) is 7.21. The van der Waals surface area contributed by atoms with Gasteiger partial charge in [-0.15, -0.1) is 0 Å². The molecule has 0 unspecified atom stereocenters. The molecule has 0 radical (unpaired) electrons. The molecule has 0 bridgehead atoms. The molecule has 1 aliphatic heterocycles. The summed E-state index contributed by atoms with van der Waals surface area (Å²) < 4.78 is 0. The number of likely N-dealkylation sites (tertiary alicyclic amines) is 1. The van der Waals surface area contributed by atoms with Gasteiger partial charge in [-0.1, -0.05) is 19.9 Å². The maximum absolute atomic E-state index is 4.54. The maximum Gasteiger partial charge on any atom is 0.126 e. The molecule has 1 saturated heterocycles. The number of aromatic nitrogens is 1. The molecule has 1 aromatic heterocycles. The lowest BCUT2D eigenvalue weighted by atomic mass is 10.1. The van der Waals surface area contributed by atoms with Crippen molar-refractivity contribution in [3.8, 4) is 0 Å². The predicted molar refractivity (Wildman–Crippen MR) is 76.8 cm³/mol.